The molecule has 6 nitrogen and oxygen atoms in total. The maximum Gasteiger partial charge on any atom is 0.243 e. The monoisotopic (exact) mass is 395 g/mol. The number of rotatable bonds is 9. The summed E-state index contributed by atoms with van der Waals surface area (Å²) in [6.45, 7) is 6.95. The van der Waals surface area contributed by atoms with Crippen molar-refractivity contribution in [2.75, 3.05) is 13.1 Å². The quantitative estimate of drug-likeness (QED) is 0.708. The van der Waals surface area contributed by atoms with E-state index >= 15 is 0 Å². The number of sulfonamides is 1. The number of nitrogens with one attached hydrogen (secondary N) is 1. The fourth-order valence-corrected chi connectivity index (χ4v) is 4.75. The number of carbonyl (C=O) groups excluding carboxylic acids is 1. The number of benzene rings is 1. The predicted molar refractivity (Wildman–Crippen MR) is 104 cm³/mol. The normalized spacial score (nSPS) is 11.7. The predicted octanol–water partition coefficient (Wildman–Crippen LogP) is 2.73. The van der Waals surface area contributed by atoms with Gasteiger partial charge in [0.15, 0.2) is 0 Å². The molecule has 0 spiro atoms. The molecule has 0 bridgehead atoms. The Balaban J connectivity index is 1.88. The third kappa shape index (κ3) is 5.36. The van der Waals surface area contributed by atoms with E-state index in [4.69, 9.17) is 0 Å². The fraction of sp³-hybridized carbons (Fsp3) is 0.444. The van der Waals surface area contributed by atoms with Gasteiger partial charge in [0.1, 0.15) is 0 Å². The van der Waals surface area contributed by atoms with Crippen LogP contribution in [-0.2, 0) is 27.8 Å². The Bertz CT molecular complexity index is 826. The van der Waals surface area contributed by atoms with E-state index in [1.165, 1.54) is 4.31 Å². The van der Waals surface area contributed by atoms with Crippen molar-refractivity contribution in [3.8, 4) is 0 Å². The van der Waals surface area contributed by atoms with E-state index in [9.17, 15) is 13.2 Å². The summed E-state index contributed by atoms with van der Waals surface area (Å²) < 4.78 is 26.3. The van der Waals surface area contributed by atoms with E-state index in [1.807, 2.05) is 20.8 Å². The summed E-state index contributed by atoms with van der Waals surface area (Å²) in [7, 11) is -3.44. The van der Waals surface area contributed by atoms with Crippen LogP contribution in [0.2, 0.25) is 0 Å². The van der Waals surface area contributed by atoms with Gasteiger partial charge in [-0.1, -0.05) is 26.0 Å². The van der Waals surface area contributed by atoms with Crippen molar-refractivity contribution in [2.24, 2.45) is 0 Å². The molecule has 0 aliphatic rings. The molecule has 0 unspecified atom stereocenters. The second-order valence-corrected chi connectivity index (χ2v) is 9.11. The van der Waals surface area contributed by atoms with Crippen molar-refractivity contribution in [1.29, 1.82) is 0 Å². The Morgan fingerprint density at radius 1 is 1.19 bits per heavy atom. The molecule has 0 saturated carbocycles. The Kier molecular flexibility index (Phi) is 7.31. The molecule has 0 fully saturated rings. The van der Waals surface area contributed by atoms with Crippen LogP contribution in [0, 0.1) is 6.92 Å². The molecule has 0 aliphatic heterocycles. The van der Waals surface area contributed by atoms with E-state index in [0.29, 0.717) is 32.5 Å². The maximum atomic E-state index is 12.5. The number of thiazole rings is 1. The third-order valence-electron chi connectivity index (χ3n) is 4.04. The molecule has 1 aromatic heterocycles. The first-order chi connectivity index (χ1) is 12.4. The van der Waals surface area contributed by atoms with Gasteiger partial charge < -0.3 is 5.32 Å². The first-order valence-electron chi connectivity index (χ1n) is 8.64. The van der Waals surface area contributed by atoms with Gasteiger partial charge in [0, 0.05) is 30.6 Å². The molecule has 26 heavy (non-hydrogen) atoms. The van der Waals surface area contributed by atoms with Crippen LogP contribution in [-0.4, -0.2) is 36.7 Å². The Labute approximate surface area is 159 Å². The molecule has 1 N–H and O–H groups in total. The van der Waals surface area contributed by atoms with Gasteiger partial charge in [-0.2, -0.15) is 4.31 Å². The zero-order valence-electron chi connectivity index (χ0n) is 15.4. The highest BCUT2D eigenvalue weighted by Gasteiger charge is 2.21. The summed E-state index contributed by atoms with van der Waals surface area (Å²) in [5, 5.41) is 3.86. The molecular formula is C18H25N3O3S2. The summed E-state index contributed by atoms with van der Waals surface area (Å²) in [4.78, 5) is 17.4. The zero-order valence-corrected chi connectivity index (χ0v) is 17.0. The minimum absolute atomic E-state index is 0.0316. The van der Waals surface area contributed by atoms with E-state index in [0.717, 1.165) is 15.4 Å². The van der Waals surface area contributed by atoms with E-state index < -0.39 is 10.0 Å². The smallest absolute Gasteiger partial charge is 0.243 e. The van der Waals surface area contributed by atoms with Crippen molar-refractivity contribution < 1.29 is 13.2 Å². The first kappa shape index (κ1) is 20.5. The average Bonchev–Trinajstić information content (AvgIpc) is 3.04. The van der Waals surface area contributed by atoms with Crippen LogP contribution >= 0.6 is 11.3 Å². The van der Waals surface area contributed by atoms with Gasteiger partial charge in [-0.15, -0.1) is 11.3 Å². The van der Waals surface area contributed by atoms with Gasteiger partial charge in [0.25, 0.3) is 0 Å². The molecule has 1 aromatic carbocycles. The minimum atomic E-state index is -3.44. The molecule has 0 aliphatic carbocycles. The summed E-state index contributed by atoms with van der Waals surface area (Å²) in [5.41, 5.74) is 0.937. The van der Waals surface area contributed by atoms with Crippen molar-refractivity contribution in [3.63, 3.8) is 0 Å². The number of carbonyl (C=O) groups is 1. The zero-order chi connectivity index (χ0) is 19.2. The lowest BCUT2D eigenvalue weighted by atomic mass is 10.1. The van der Waals surface area contributed by atoms with Gasteiger partial charge >= 0.3 is 0 Å². The molecule has 0 atom stereocenters. The second kappa shape index (κ2) is 9.25. The number of aromatic nitrogens is 1. The number of aryl methyl sites for hydroxylation is 2. The number of nitrogens with zero attached hydrogens (tertiary/aromatic N) is 2. The summed E-state index contributed by atoms with van der Waals surface area (Å²) >= 11 is 1.57. The average molecular weight is 396 g/mol. The summed E-state index contributed by atoms with van der Waals surface area (Å²) in [6.07, 6.45) is 2.70. The molecule has 1 amide bonds. The van der Waals surface area contributed by atoms with Crippen LogP contribution in [0.5, 0.6) is 0 Å². The Morgan fingerprint density at radius 3 is 2.38 bits per heavy atom. The Morgan fingerprint density at radius 2 is 1.85 bits per heavy atom. The summed E-state index contributed by atoms with van der Waals surface area (Å²) in [5.74, 6) is -0.0316. The molecule has 8 heteroatoms. The molecule has 1 heterocycles. The van der Waals surface area contributed by atoms with Crippen LogP contribution in [0.3, 0.4) is 0 Å². The highest BCUT2D eigenvalue weighted by atomic mass is 32.2. The fourth-order valence-electron chi connectivity index (χ4n) is 2.56. The second-order valence-electron chi connectivity index (χ2n) is 5.86. The largest absolute Gasteiger partial charge is 0.351 e. The van der Waals surface area contributed by atoms with Gasteiger partial charge in [-0.3, -0.25) is 4.79 Å². The van der Waals surface area contributed by atoms with Gasteiger partial charge in [0.2, 0.25) is 15.9 Å². The highest BCUT2D eigenvalue weighted by molar-refractivity contribution is 7.89. The maximum absolute atomic E-state index is 12.5. The molecule has 142 valence electrons. The van der Waals surface area contributed by atoms with Crippen molar-refractivity contribution in [1.82, 2.24) is 14.6 Å². The molecule has 0 saturated heterocycles. The lowest BCUT2D eigenvalue weighted by molar-refractivity contribution is -0.121. The molecule has 2 aromatic rings. The highest BCUT2D eigenvalue weighted by Crippen LogP contribution is 2.17. The van der Waals surface area contributed by atoms with Crippen LogP contribution in [0.1, 0.15) is 35.7 Å². The Hall–Kier alpha value is -1.77. The molecular weight excluding hydrogens is 370 g/mol. The van der Waals surface area contributed by atoms with Gasteiger partial charge in [0.05, 0.1) is 16.4 Å². The minimum Gasteiger partial charge on any atom is -0.351 e. The van der Waals surface area contributed by atoms with E-state index in [2.05, 4.69) is 10.3 Å². The van der Waals surface area contributed by atoms with E-state index in [-0.39, 0.29) is 10.8 Å². The number of hydrogen-bond donors (Lipinski definition) is 1. The van der Waals surface area contributed by atoms with Crippen LogP contribution < -0.4 is 5.32 Å². The standard InChI is InChI=1S/C18H25N3O3S2/c1-4-21(5-2)26(23,24)17-9-6-15(7-10-17)8-11-18(22)20-13-16-12-19-14(3)25-16/h6-7,9-10,12H,4-5,8,11,13H2,1-3H3,(H,20,22). The first-order valence-corrected chi connectivity index (χ1v) is 10.9. The van der Waals surface area contributed by atoms with Crippen molar-refractivity contribution in [2.45, 2.75) is 45.1 Å². The van der Waals surface area contributed by atoms with Crippen LogP contribution in [0.15, 0.2) is 35.4 Å². The SMILES string of the molecule is CCN(CC)S(=O)(=O)c1ccc(CCC(=O)NCc2cnc(C)s2)cc1. The topological polar surface area (TPSA) is 79.4 Å². The van der Waals surface area contributed by atoms with Crippen molar-refractivity contribution in [3.05, 3.63) is 45.9 Å². The lowest BCUT2D eigenvalue weighted by Gasteiger charge is -2.18. The summed E-state index contributed by atoms with van der Waals surface area (Å²) in [6, 6.07) is 6.77. The van der Waals surface area contributed by atoms with Crippen LogP contribution in [0.4, 0.5) is 0 Å². The van der Waals surface area contributed by atoms with Crippen molar-refractivity contribution >= 4 is 27.3 Å². The van der Waals surface area contributed by atoms with Crippen LogP contribution in [0.25, 0.3) is 0 Å². The molecule has 2 rings (SSSR count). The third-order valence-corrected chi connectivity index (χ3v) is 7.01. The molecule has 0 radical (unpaired) electrons. The lowest BCUT2D eigenvalue weighted by Crippen LogP contribution is -2.30. The van der Waals surface area contributed by atoms with Gasteiger partial charge in [-0.05, 0) is 31.0 Å². The number of hydrogen-bond acceptors (Lipinski definition) is 5. The number of amides is 1. The van der Waals surface area contributed by atoms with Gasteiger partial charge in [-0.25, -0.2) is 13.4 Å². The van der Waals surface area contributed by atoms with E-state index in [1.54, 1.807) is 41.8 Å².